The summed E-state index contributed by atoms with van der Waals surface area (Å²) >= 11 is 0. The highest BCUT2D eigenvalue weighted by atomic mass is 19.4. The molecule has 0 fully saturated rings. The molecule has 0 radical (unpaired) electrons. The standard InChI is InChI=1S/C16H25N5O2.2C2HF3O2/c1-13(22)18-11-15(23)21-10-9-20(8-7-19(2)3)16-14(12-21)5-4-6-17-16;2*3-2(4,5)1(6)7/h4-6H,7-12H2,1-3H3,(H,18,22);2*(H,6,7). The van der Waals surface area contributed by atoms with Crippen LogP contribution in [-0.4, -0.2) is 108 Å². The lowest BCUT2D eigenvalue weighted by Crippen LogP contribution is -2.42. The van der Waals surface area contributed by atoms with Crippen molar-refractivity contribution in [3.63, 3.8) is 0 Å². The number of nitrogens with zero attached hydrogens (tertiary/aromatic N) is 4. The first-order chi connectivity index (χ1) is 16.9. The van der Waals surface area contributed by atoms with Gasteiger partial charge in [-0.15, -0.1) is 0 Å². The van der Waals surface area contributed by atoms with Gasteiger partial charge in [0.1, 0.15) is 5.82 Å². The number of fused-ring (bicyclic) bond motifs is 1. The van der Waals surface area contributed by atoms with Crippen LogP contribution in [0.25, 0.3) is 0 Å². The third-order valence-corrected chi connectivity index (χ3v) is 4.31. The minimum atomic E-state index is -5.08. The highest BCUT2D eigenvalue weighted by Gasteiger charge is 2.38. The zero-order chi connectivity index (χ0) is 29.0. The lowest BCUT2D eigenvalue weighted by molar-refractivity contribution is -0.193. The number of carboxylic acids is 2. The number of alkyl halides is 6. The fourth-order valence-corrected chi connectivity index (χ4v) is 2.53. The van der Waals surface area contributed by atoms with Gasteiger partial charge in [-0.2, -0.15) is 26.3 Å². The number of rotatable bonds is 5. The Kier molecular flexibility index (Phi) is 13.4. The quantitative estimate of drug-likeness (QED) is 0.464. The first kappa shape index (κ1) is 33.4. The highest BCUT2D eigenvalue weighted by Crippen LogP contribution is 2.22. The van der Waals surface area contributed by atoms with Gasteiger partial charge in [0, 0.05) is 51.4 Å². The summed E-state index contributed by atoms with van der Waals surface area (Å²) in [5.41, 5.74) is 1.04. The molecule has 0 aromatic carbocycles. The lowest BCUT2D eigenvalue weighted by Gasteiger charge is -2.25. The van der Waals surface area contributed by atoms with Crippen LogP contribution in [0, 0.1) is 0 Å². The maximum atomic E-state index is 12.3. The van der Waals surface area contributed by atoms with Gasteiger partial charge in [-0.25, -0.2) is 14.6 Å². The summed E-state index contributed by atoms with van der Waals surface area (Å²) in [7, 11) is 4.08. The molecule has 0 unspecified atom stereocenters. The van der Waals surface area contributed by atoms with Crippen LogP contribution >= 0.6 is 0 Å². The Morgan fingerprint density at radius 3 is 1.97 bits per heavy atom. The van der Waals surface area contributed by atoms with E-state index >= 15 is 0 Å². The van der Waals surface area contributed by atoms with Crippen LogP contribution in [0.4, 0.5) is 32.2 Å². The smallest absolute Gasteiger partial charge is 0.475 e. The van der Waals surface area contributed by atoms with Crippen LogP contribution in [0.5, 0.6) is 0 Å². The number of aromatic nitrogens is 1. The Bertz CT molecular complexity index is 902. The maximum absolute atomic E-state index is 12.3. The van der Waals surface area contributed by atoms with Crippen molar-refractivity contribution >= 4 is 29.6 Å². The number of halogens is 6. The summed E-state index contributed by atoms with van der Waals surface area (Å²) < 4.78 is 63.5. The summed E-state index contributed by atoms with van der Waals surface area (Å²) in [4.78, 5) is 51.7. The predicted octanol–water partition coefficient (Wildman–Crippen LogP) is 1.19. The Hall–Kier alpha value is -3.63. The molecule has 0 atom stereocenters. The number of nitrogens with one attached hydrogen (secondary N) is 1. The van der Waals surface area contributed by atoms with Crippen molar-refractivity contribution in [1.29, 1.82) is 0 Å². The normalized spacial score (nSPS) is 13.2. The molecule has 210 valence electrons. The van der Waals surface area contributed by atoms with Gasteiger partial charge >= 0.3 is 24.3 Å². The number of hydrogen-bond acceptors (Lipinski definition) is 7. The summed E-state index contributed by atoms with van der Waals surface area (Å²) in [6.45, 7) is 5.15. The van der Waals surface area contributed by atoms with Gasteiger partial charge in [0.05, 0.1) is 6.54 Å². The van der Waals surface area contributed by atoms with E-state index in [9.17, 15) is 35.9 Å². The molecule has 2 amide bonds. The van der Waals surface area contributed by atoms with E-state index in [-0.39, 0.29) is 18.4 Å². The molecule has 17 heteroatoms. The molecular formula is C20H27F6N5O6. The van der Waals surface area contributed by atoms with Gasteiger partial charge in [0.25, 0.3) is 0 Å². The van der Waals surface area contributed by atoms with E-state index < -0.39 is 24.3 Å². The molecule has 1 aliphatic heterocycles. The average Bonchev–Trinajstić information content (AvgIpc) is 2.95. The Morgan fingerprint density at radius 1 is 1.03 bits per heavy atom. The van der Waals surface area contributed by atoms with Crippen molar-refractivity contribution in [1.82, 2.24) is 20.1 Å². The van der Waals surface area contributed by atoms with Crippen LogP contribution < -0.4 is 10.2 Å². The van der Waals surface area contributed by atoms with Crippen molar-refractivity contribution in [2.75, 3.05) is 51.7 Å². The molecule has 0 aliphatic carbocycles. The molecule has 0 saturated carbocycles. The number of likely N-dealkylation sites (N-methyl/N-ethyl adjacent to an activating group) is 1. The topological polar surface area (TPSA) is 143 Å². The summed E-state index contributed by atoms with van der Waals surface area (Å²) in [6, 6.07) is 3.90. The van der Waals surface area contributed by atoms with Crippen LogP contribution in [0.1, 0.15) is 12.5 Å². The molecule has 0 saturated heterocycles. The van der Waals surface area contributed by atoms with Crippen LogP contribution in [0.3, 0.4) is 0 Å². The second-order valence-corrected chi connectivity index (χ2v) is 7.61. The molecule has 0 spiro atoms. The molecule has 1 aromatic heterocycles. The first-order valence-electron chi connectivity index (χ1n) is 10.3. The number of pyridine rings is 1. The second-order valence-electron chi connectivity index (χ2n) is 7.61. The third-order valence-electron chi connectivity index (χ3n) is 4.31. The molecule has 3 N–H and O–H groups in total. The molecule has 1 aliphatic rings. The van der Waals surface area contributed by atoms with E-state index in [0.29, 0.717) is 13.1 Å². The average molecular weight is 547 g/mol. The van der Waals surface area contributed by atoms with Gasteiger partial charge in [0.2, 0.25) is 11.8 Å². The predicted molar refractivity (Wildman–Crippen MR) is 116 cm³/mol. The van der Waals surface area contributed by atoms with E-state index in [4.69, 9.17) is 19.8 Å². The summed E-state index contributed by atoms with van der Waals surface area (Å²) in [6.07, 6.45) is -8.38. The van der Waals surface area contributed by atoms with Crippen molar-refractivity contribution in [3.8, 4) is 0 Å². The van der Waals surface area contributed by atoms with Crippen molar-refractivity contribution in [3.05, 3.63) is 23.9 Å². The highest BCUT2D eigenvalue weighted by molar-refractivity contribution is 5.84. The Labute approximate surface area is 207 Å². The van der Waals surface area contributed by atoms with E-state index in [1.807, 2.05) is 26.2 Å². The minimum Gasteiger partial charge on any atom is -0.475 e. The zero-order valence-electron chi connectivity index (χ0n) is 20.1. The zero-order valence-corrected chi connectivity index (χ0v) is 20.1. The van der Waals surface area contributed by atoms with Gasteiger partial charge in [-0.3, -0.25) is 9.59 Å². The number of carboxylic acid groups (broad SMARTS) is 2. The fraction of sp³-hybridized carbons (Fsp3) is 0.550. The minimum absolute atomic E-state index is 0.0443. The largest absolute Gasteiger partial charge is 0.490 e. The Morgan fingerprint density at radius 2 is 1.54 bits per heavy atom. The van der Waals surface area contributed by atoms with Crippen LogP contribution in [0.15, 0.2) is 18.3 Å². The third kappa shape index (κ3) is 13.9. The summed E-state index contributed by atoms with van der Waals surface area (Å²) in [5, 5.41) is 16.8. The van der Waals surface area contributed by atoms with Crippen LogP contribution in [0.2, 0.25) is 0 Å². The number of carbonyl (C=O) groups excluding carboxylic acids is 2. The number of anilines is 1. The molecular weight excluding hydrogens is 520 g/mol. The summed E-state index contributed by atoms with van der Waals surface area (Å²) in [5.74, 6) is -4.82. The lowest BCUT2D eigenvalue weighted by atomic mass is 10.2. The SMILES string of the molecule is CC(=O)NCC(=O)N1CCN(CCN(C)C)c2ncccc2C1.O=C(O)C(F)(F)F.O=C(O)C(F)(F)F. The van der Waals surface area contributed by atoms with Crippen LogP contribution in [-0.2, 0) is 25.7 Å². The van der Waals surface area contributed by atoms with Gasteiger partial charge in [0.15, 0.2) is 0 Å². The van der Waals surface area contributed by atoms with Gasteiger partial charge in [-0.1, -0.05) is 6.07 Å². The Balaban J connectivity index is 0.000000761. The van der Waals surface area contributed by atoms with E-state index in [1.54, 1.807) is 11.1 Å². The number of amides is 2. The van der Waals surface area contributed by atoms with E-state index in [1.165, 1.54) is 6.92 Å². The second kappa shape index (κ2) is 14.8. The first-order valence-corrected chi connectivity index (χ1v) is 10.3. The van der Waals surface area contributed by atoms with E-state index in [0.717, 1.165) is 31.0 Å². The molecule has 11 nitrogen and oxygen atoms in total. The maximum Gasteiger partial charge on any atom is 0.490 e. The van der Waals surface area contributed by atoms with E-state index in [2.05, 4.69) is 20.1 Å². The number of hydrogen-bond donors (Lipinski definition) is 3. The van der Waals surface area contributed by atoms with Gasteiger partial charge in [-0.05, 0) is 20.2 Å². The molecule has 2 heterocycles. The molecule has 37 heavy (non-hydrogen) atoms. The molecule has 0 bridgehead atoms. The number of carbonyl (C=O) groups is 4. The monoisotopic (exact) mass is 547 g/mol. The van der Waals surface area contributed by atoms with Crippen molar-refractivity contribution in [2.45, 2.75) is 25.8 Å². The fourth-order valence-electron chi connectivity index (χ4n) is 2.53. The molecule has 1 aromatic rings. The van der Waals surface area contributed by atoms with Gasteiger partial charge < -0.3 is 30.2 Å². The number of aliphatic carboxylic acids is 2. The van der Waals surface area contributed by atoms with Crippen molar-refractivity contribution in [2.24, 2.45) is 0 Å². The molecule has 2 rings (SSSR count). The van der Waals surface area contributed by atoms with Crippen molar-refractivity contribution < 1.29 is 55.7 Å².